The third kappa shape index (κ3) is 6.31. The van der Waals surface area contributed by atoms with Crippen molar-refractivity contribution in [3.8, 4) is 11.1 Å². The van der Waals surface area contributed by atoms with Crippen LogP contribution in [0.2, 0.25) is 0 Å². The lowest BCUT2D eigenvalue weighted by atomic mass is 9.98. The van der Waals surface area contributed by atoms with Crippen LogP contribution in [-0.2, 0) is 20.9 Å². The number of halogens is 1. The average Bonchev–Trinajstić information content (AvgIpc) is 3.32. The molecule has 214 valence electrons. The van der Waals surface area contributed by atoms with E-state index in [1.807, 2.05) is 78.9 Å². The zero-order valence-electron chi connectivity index (χ0n) is 22.8. The molecule has 1 aliphatic carbocycles. The Balaban J connectivity index is 1.25. The van der Waals surface area contributed by atoms with Gasteiger partial charge in [0, 0.05) is 5.92 Å². The van der Waals surface area contributed by atoms with Gasteiger partial charge in [0.2, 0.25) is 0 Å². The first-order chi connectivity index (χ1) is 20.3. The van der Waals surface area contributed by atoms with E-state index < -0.39 is 35.9 Å². The van der Waals surface area contributed by atoms with Crippen molar-refractivity contribution >= 4 is 23.7 Å². The van der Waals surface area contributed by atoms with Crippen LogP contribution in [0.3, 0.4) is 0 Å². The van der Waals surface area contributed by atoms with Crippen molar-refractivity contribution in [2.45, 2.75) is 31.6 Å². The third-order valence-corrected chi connectivity index (χ3v) is 7.18. The SMILES string of the molecule is CC(OCc1ccccc1)C(NC(=O)c1cc(F)ccc1NC(=O)OCC1c2ccccc2-c2ccccc21)C(=O)O. The molecule has 3 N–H and O–H groups in total. The fourth-order valence-electron chi connectivity index (χ4n) is 5.05. The number of hydrogen-bond donors (Lipinski definition) is 3. The number of nitrogens with one attached hydrogen (secondary N) is 2. The zero-order valence-corrected chi connectivity index (χ0v) is 22.8. The molecule has 42 heavy (non-hydrogen) atoms. The van der Waals surface area contributed by atoms with Gasteiger partial charge in [-0.3, -0.25) is 10.1 Å². The summed E-state index contributed by atoms with van der Waals surface area (Å²) in [6.45, 7) is 1.69. The summed E-state index contributed by atoms with van der Waals surface area (Å²) in [6, 6.07) is 26.7. The highest BCUT2D eigenvalue weighted by molar-refractivity contribution is 6.04. The lowest BCUT2D eigenvalue weighted by Gasteiger charge is -2.22. The smallest absolute Gasteiger partial charge is 0.411 e. The highest BCUT2D eigenvalue weighted by atomic mass is 19.1. The van der Waals surface area contributed by atoms with Gasteiger partial charge < -0.3 is 19.9 Å². The number of hydrogen-bond acceptors (Lipinski definition) is 5. The molecule has 9 heteroatoms. The summed E-state index contributed by atoms with van der Waals surface area (Å²) in [5.74, 6) is -3.14. The molecule has 1 aliphatic rings. The number of anilines is 1. The molecule has 2 atom stereocenters. The summed E-state index contributed by atoms with van der Waals surface area (Å²) >= 11 is 0. The predicted octanol–water partition coefficient (Wildman–Crippen LogP) is 5.98. The summed E-state index contributed by atoms with van der Waals surface area (Å²) in [7, 11) is 0. The number of carboxylic acid groups (broad SMARTS) is 1. The highest BCUT2D eigenvalue weighted by Gasteiger charge is 2.31. The number of amides is 2. The first-order valence-corrected chi connectivity index (χ1v) is 13.4. The number of carboxylic acids is 1. The average molecular weight is 569 g/mol. The zero-order chi connectivity index (χ0) is 29.6. The van der Waals surface area contributed by atoms with E-state index in [2.05, 4.69) is 10.6 Å². The molecule has 0 bridgehead atoms. The van der Waals surface area contributed by atoms with Crippen molar-refractivity contribution in [1.29, 1.82) is 0 Å². The fourth-order valence-corrected chi connectivity index (χ4v) is 5.05. The van der Waals surface area contributed by atoms with Crippen LogP contribution in [0.15, 0.2) is 97.1 Å². The van der Waals surface area contributed by atoms with Crippen LogP contribution in [0.4, 0.5) is 14.9 Å². The van der Waals surface area contributed by atoms with E-state index in [1.165, 1.54) is 13.0 Å². The van der Waals surface area contributed by atoms with Crippen molar-refractivity contribution in [2.75, 3.05) is 11.9 Å². The first-order valence-electron chi connectivity index (χ1n) is 13.4. The Bertz CT molecular complexity index is 1560. The molecule has 0 fully saturated rings. The van der Waals surface area contributed by atoms with Gasteiger partial charge >= 0.3 is 12.1 Å². The van der Waals surface area contributed by atoms with Crippen molar-refractivity contribution < 1.29 is 33.4 Å². The normalized spacial score (nSPS) is 13.4. The number of carbonyl (C=O) groups is 3. The number of aliphatic carboxylic acids is 1. The Morgan fingerprint density at radius 1 is 0.881 bits per heavy atom. The van der Waals surface area contributed by atoms with Gasteiger partial charge in [-0.25, -0.2) is 14.0 Å². The van der Waals surface area contributed by atoms with Crippen LogP contribution >= 0.6 is 0 Å². The summed E-state index contributed by atoms with van der Waals surface area (Å²) in [5, 5.41) is 14.6. The molecule has 0 radical (unpaired) electrons. The Morgan fingerprint density at radius 3 is 2.14 bits per heavy atom. The Kier molecular flexibility index (Phi) is 8.59. The largest absolute Gasteiger partial charge is 0.480 e. The predicted molar refractivity (Wildman–Crippen MR) is 155 cm³/mol. The van der Waals surface area contributed by atoms with Crippen LogP contribution in [0.25, 0.3) is 11.1 Å². The third-order valence-electron chi connectivity index (χ3n) is 7.18. The second-order valence-electron chi connectivity index (χ2n) is 9.93. The Morgan fingerprint density at radius 2 is 1.50 bits per heavy atom. The molecule has 4 aromatic rings. The maximum atomic E-state index is 14.2. The van der Waals surface area contributed by atoms with Gasteiger partial charge in [0.1, 0.15) is 12.4 Å². The quantitative estimate of drug-likeness (QED) is 0.217. The highest BCUT2D eigenvalue weighted by Crippen LogP contribution is 2.44. The summed E-state index contributed by atoms with van der Waals surface area (Å²) in [4.78, 5) is 38.0. The van der Waals surface area contributed by atoms with Crippen LogP contribution in [0.5, 0.6) is 0 Å². The molecule has 4 aromatic carbocycles. The molecular weight excluding hydrogens is 539 g/mol. The molecule has 2 unspecified atom stereocenters. The monoisotopic (exact) mass is 568 g/mol. The molecule has 0 aromatic heterocycles. The van der Waals surface area contributed by atoms with Crippen molar-refractivity contribution in [3.05, 3.63) is 125 Å². The van der Waals surface area contributed by atoms with Gasteiger partial charge in [-0.15, -0.1) is 0 Å². The molecule has 0 aliphatic heterocycles. The van der Waals surface area contributed by atoms with E-state index >= 15 is 0 Å². The minimum absolute atomic E-state index is 0.0342. The molecule has 5 rings (SSSR count). The molecule has 0 spiro atoms. The summed E-state index contributed by atoms with van der Waals surface area (Å²) < 4.78 is 25.4. The van der Waals surface area contributed by atoms with Crippen molar-refractivity contribution in [1.82, 2.24) is 5.32 Å². The number of benzene rings is 4. The van der Waals surface area contributed by atoms with Gasteiger partial charge in [0.25, 0.3) is 5.91 Å². The van der Waals surface area contributed by atoms with Gasteiger partial charge in [-0.2, -0.15) is 0 Å². The van der Waals surface area contributed by atoms with E-state index in [-0.39, 0.29) is 30.4 Å². The van der Waals surface area contributed by atoms with Crippen molar-refractivity contribution in [3.63, 3.8) is 0 Å². The van der Waals surface area contributed by atoms with E-state index in [0.29, 0.717) is 0 Å². The molecule has 8 nitrogen and oxygen atoms in total. The number of carbonyl (C=O) groups excluding carboxylic acids is 2. The maximum Gasteiger partial charge on any atom is 0.411 e. The van der Waals surface area contributed by atoms with Gasteiger partial charge in [0.05, 0.1) is 24.0 Å². The molecule has 0 saturated carbocycles. The number of fused-ring (bicyclic) bond motifs is 3. The second kappa shape index (κ2) is 12.7. The topological polar surface area (TPSA) is 114 Å². The Labute approximate surface area is 242 Å². The van der Waals surface area contributed by atoms with Gasteiger partial charge in [0.15, 0.2) is 6.04 Å². The van der Waals surface area contributed by atoms with Crippen LogP contribution in [0.1, 0.15) is 39.9 Å². The molecule has 2 amide bonds. The molecule has 0 saturated heterocycles. The van der Waals surface area contributed by atoms with Gasteiger partial charge in [-0.05, 0) is 52.9 Å². The van der Waals surface area contributed by atoms with Crippen LogP contribution in [0, 0.1) is 5.82 Å². The van der Waals surface area contributed by atoms with E-state index in [9.17, 15) is 23.9 Å². The van der Waals surface area contributed by atoms with Crippen molar-refractivity contribution in [2.24, 2.45) is 0 Å². The van der Waals surface area contributed by atoms with Crippen LogP contribution < -0.4 is 10.6 Å². The van der Waals surface area contributed by atoms with Crippen LogP contribution in [-0.4, -0.2) is 41.8 Å². The van der Waals surface area contributed by atoms with E-state index in [0.717, 1.165) is 39.9 Å². The van der Waals surface area contributed by atoms with E-state index in [1.54, 1.807) is 0 Å². The number of rotatable bonds is 10. The lowest BCUT2D eigenvalue weighted by Crippen LogP contribution is -2.48. The fraction of sp³-hybridized carbons (Fsp3) is 0.182. The molecule has 0 heterocycles. The number of ether oxygens (including phenoxy) is 2. The lowest BCUT2D eigenvalue weighted by molar-refractivity contribution is -0.143. The first kappa shape index (κ1) is 28.5. The minimum Gasteiger partial charge on any atom is -0.480 e. The summed E-state index contributed by atoms with van der Waals surface area (Å²) in [6.07, 6.45) is -1.76. The maximum absolute atomic E-state index is 14.2. The van der Waals surface area contributed by atoms with E-state index in [4.69, 9.17) is 9.47 Å². The summed E-state index contributed by atoms with van der Waals surface area (Å²) in [5.41, 5.74) is 4.77. The second-order valence-corrected chi connectivity index (χ2v) is 9.93. The standard InChI is InChI=1S/C33H29FN2O6/c1-20(41-18-21-9-3-2-4-10-21)30(32(38)39)36-31(37)27-17-22(34)15-16-29(27)35-33(40)42-19-28-25-13-7-5-11-23(25)24-12-6-8-14-26(24)28/h2-17,20,28,30H,18-19H2,1H3,(H,35,40)(H,36,37)(H,38,39). The molecular formula is C33H29FN2O6. The minimum atomic E-state index is -1.44. The Hall–Kier alpha value is -5.02. The van der Waals surface area contributed by atoms with Gasteiger partial charge in [-0.1, -0.05) is 78.9 Å².